The molecule has 40 heavy (non-hydrogen) atoms. The van der Waals surface area contributed by atoms with Crippen molar-refractivity contribution < 1.29 is 24.7 Å². The maximum Gasteiger partial charge on any atom is 0.324 e. The van der Waals surface area contributed by atoms with Crippen LogP contribution >= 0.6 is 27.5 Å². The zero-order valence-electron chi connectivity index (χ0n) is 20.5. The first-order valence-electron chi connectivity index (χ1n) is 11.2. The minimum atomic E-state index is -1.21. The van der Waals surface area contributed by atoms with E-state index in [9.17, 15) is 35.1 Å². The van der Waals surface area contributed by atoms with Crippen molar-refractivity contribution >= 4 is 62.3 Å². The second kappa shape index (κ2) is 14.5. The minimum Gasteiger partial charge on any atom is -0.497 e. The molecular weight excluding hydrogens is 620 g/mol. The number of hydrogen-bond acceptors (Lipinski definition) is 12. The van der Waals surface area contributed by atoms with Crippen molar-refractivity contribution in [1.29, 1.82) is 0 Å². The number of aryl methyl sites for hydroxylation is 1. The van der Waals surface area contributed by atoms with Crippen molar-refractivity contribution in [3.05, 3.63) is 77.5 Å². The van der Waals surface area contributed by atoms with Crippen LogP contribution in [-0.2, 0) is 11.2 Å². The fraction of sp³-hybridized carbons (Fsp3) is 0.227. The van der Waals surface area contributed by atoms with E-state index < -0.39 is 37.6 Å². The van der Waals surface area contributed by atoms with Gasteiger partial charge in [0, 0.05) is 17.1 Å². The molecule has 0 bridgehead atoms. The van der Waals surface area contributed by atoms with Gasteiger partial charge in [0.05, 0.1) is 37.9 Å². The topological polar surface area (TPSA) is 257 Å². The van der Waals surface area contributed by atoms with Gasteiger partial charge in [-0.05, 0) is 37.0 Å². The molecule has 6 N–H and O–H groups in total. The van der Waals surface area contributed by atoms with Crippen LogP contribution in [0.2, 0.25) is 5.02 Å². The van der Waals surface area contributed by atoms with Gasteiger partial charge in [-0.2, -0.15) is 4.98 Å². The van der Waals surface area contributed by atoms with E-state index in [1.165, 1.54) is 0 Å². The molecule has 1 heterocycles. The highest BCUT2D eigenvalue weighted by atomic mass is 79.9. The van der Waals surface area contributed by atoms with Gasteiger partial charge in [-0.1, -0.05) is 39.7 Å². The van der Waals surface area contributed by atoms with Crippen molar-refractivity contribution in [3.8, 4) is 16.9 Å². The first-order valence-corrected chi connectivity index (χ1v) is 12.7. The smallest absolute Gasteiger partial charge is 0.324 e. The first-order chi connectivity index (χ1) is 18.8. The molecule has 16 nitrogen and oxygen atoms in total. The van der Waals surface area contributed by atoms with E-state index in [1.807, 2.05) is 12.1 Å². The zero-order chi connectivity index (χ0) is 30.0. The fourth-order valence-electron chi connectivity index (χ4n) is 3.32. The van der Waals surface area contributed by atoms with Gasteiger partial charge in [0.25, 0.3) is 11.4 Å². The van der Waals surface area contributed by atoms with Crippen LogP contribution in [0.4, 0.5) is 28.8 Å². The second-order valence-corrected chi connectivity index (χ2v) is 8.84. The Labute approximate surface area is 238 Å². The molecule has 0 saturated heterocycles. The predicted molar refractivity (Wildman–Crippen MR) is 149 cm³/mol. The Balaban J connectivity index is 0.000000305. The molecule has 0 fully saturated rings. The molecule has 0 radical (unpaired) electrons. The first kappa shape index (κ1) is 31.6. The van der Waals surface area contributed by atoms with Gasteiger partial charge >= 0.3 is 11.4 Å². The lowest BCUT2D eigenvalue weighted by Crippen LogP contribution is -2.25. The number of phenols is 1. The molecule has 3 rings (SSSR count). The number of anilines is 2. The number of alkyl halides is 1. The van der Waals surface area contributed by atoms with Crippen molar-refractivity contribution in [2.75, 3.05) is 23.3 Å². The molecule has 1 amide bonds. The maximum absolute atomic E-state index is 11.2. The number of aromatic hydroxyl groups is 1. The zero-order valence-corrected chi connectivity index (χ0v) is 22.8. The van der Waals surface area contributed by atoms with E-state index in [0.717, 1.165) is 29.7 Å². The lowest BCUT2D eigenvalue weighted by atomic mass is 10.0. The Morgan fingerprint density at radius 3 is 2.05 bits per heavy atom. The van der Waals surface area contributed by atoms with E-state index in [4.69, 9.17) is 28.2 Å². The number of rotatable bonds is 10. The van der Waals surface area contributed by atoms with Gasteiger partial charge in [-0.3, -0.25) is 35.1 Å². The summed E-state index contributed by atoms with van der Waals surface area (Å²) in [6, 6.07) is 8.25. The number of non-ortho nitro benzene ring substituents is 1. The quantitative estimate of drug-likeness (QED) is 0.106. The number of carbonyl (C=O) groups excluding carboxylic acids is 1. The number of benzene rings is 2. The summed E-state index contributed by atoms with van der Waals surface area (Å²) in [5.41, 5.74) is 11.3. The maximum atomic E-state index is 11.2. The van der Waals surface area contributed by atoms with Crippen molar-refractivity contribution in [1.82, 2.24) is 15.3 Å². The number of nitrogen functional groups attached to an aromatic ring is 2. The van der Waals surface area contributed by atoms with Crippen LogP contribution in [0, 0.1) is 30.3 Å². The molecule has 212 valence electrons. The van der Waals surface area contributed by atoms with E-state index in [2.05, 4.69) is 31.2 Å². The summed E-state index contributed by atoms with van der Waals surface area (Å²) in [4.78, 5) is 47.3. The lowest BCUT2D eigenvalue weighted by Gasteiger charge is -2.12. The number of nitrogens with two attached hydrogens (primary N) is 2. The van der Waals surface area contributed by atoms with Crippen molar-refractivity contribution in [2.24, 2.45) is 0 Å². The number of nitro benzene ring substituents is 3. The van der Waals surface area contributed by atoms with Crippen LogP contribution in [0.3, 0.4) is 0 Å². The van der Waals surface area contributed by atoms with Gasteiger partial charge in [0.1, 0.15) is 5.82 Å². The van der Waals surface area contributed by atoms with Crippen LogP contribution in [0.25, 0.3) is 11.1 Å². The number of unbranched alkanes of at least 4 members (excludes halogenated alkanes) is 1. The molecule has 0 atom stereocenters. The third-order valence-corrected chi connectivity index (χ3v) is 5.87. The van der Waals surface area contributed by atoms with E-state index >= 15 is 0 Å². The molecule has 0 spiro atoms. The third-order valence-electron chi connectivity index (χ3n) is 5.10. The van der Waals surface area contributed by atoms with Gasteiger partial charge in [0.2, 0.25) is 11.9 Å². The molecule has 0 aliphatic heterocycles. The Kier molecular flexibility index (Phi) is 11.4. The largest absolute Gasteiger partial charge is 0.497 e. The summed E-state index contributed by atoms with van der Waals surface area (Å²) in [7, 11) is 0. The van der Waals surface area contributed by atoms with E-state index in [-0.39, 0.29) is 11.9 Å². The van der Waals surface area contributed by atoms with E-state index in [1.54, 1.807) is 12.1 Å². The molecule has 0 aliphatic rings. The summed E-state index contributed by atoms with van der Waals surface area (Å²) >= 11 is 9.05. The molecule has 0 saturated carbocycles. The van der Waals surface area contributed by atoms with Crippen LogP contribution in [-0.4, -0.2) is 47.6 Å². The van der Waals surface area contributed by atoms with Gasteiger partial charge < -0.3 is 21.9 Å². The Bertz CT molecular complexity index is 1390. The highest BCUT2D eigenvalue weighted by Gasteiger charge is 2.30. The number of halogens is 2. The van der Waals surface area contributed by atoms with Crippen LogP contribution in [0.1, 0.15) is 18.5 Å². The second-order valence-electron chi connectivity index (χ2n) is 7.84. The lowest BCUT2D eigenvalue weighted by molar-refractivity contribution is -0.404. The van der Waals surface area contributed by atoms with Crippen LogP contribution in [0.15, 0.2) is 36.4 Å². The molecule has 3 aromatic rings. The highest BCUT2D eigenvalue weighted by Crippen LogP contribution is 2.39. The number of nitrogens with zero attached hydrogens (tertiary/aromatic N) is 5. The number of hydrogen-bond donors (Lipinski definition) is 4. The standard InChI is InChI=1S/C16H19BrClN5O.C6H3N3O7/c17-9-13(24)21-8-2-1-3-12-14(15(19)23-16(20)22-12)10-4-6-11(18)7-5-10;10-6-4(8(13)14)1-3(7(11)12)2-5(6)9(15)16/h4-7H,1-3,8-9H2,(H,21,24)(H4,19,20,22,23);1-2,10H. The molecule has 18 heteroatoms. The summed E-state index contributed by atoms with van der Waals surface area (Å²) in [5, 5.41) is 44.0. The number of carbonyl (C=O) groups is 1. The summed E-state index contributed by atoms with van der Waals surface area (Å²) < 4.78 is 0. The normalized spacial score (nSPS) is 10.2. The highest BCUT2D eigenvalue weighted by molar-refractivity contribution is 9.09. The average Bonchev–Trinajstić information content (AvgIpc) is 2.88. The number of amides is 1. The predicted octanol–water partition coefficient (Wildman–Crippen LogP) is 3.91. The van der Waals surface area contributed by atoms with Crippen molar-refractivity contribution in [3.63, 3.8) is 0 Å². The summed E-state index contributed by atoms with van der Waals surface area (Å²) in [6.07, 6.45) is 2.38. The SMILES string of the molecule is Nc1nc(N)c(-c2ccc(Cl)cc2)c(CCCCNC(=O)CBr)n1.O=[N+]([O-])c1cc([N+](=O)[O-])c(O)c([N+](=O)[O-])c1. The molecule has 0 unspecified atom stereocenters. The Hall–Kier alpha value is -4.64. The van der Waals surface area contributed by atoms with E-state index in [0.29, 0.717) is 41.3 Å². The Morgan fingerprint density at radius 1 is 0.975 bits per heavy atom. The molecule has 2 aromatic carbocycles. The summed E-state index contributed by atoms with van der Waals surface area (Å²) in [5.74, 6) is -0.715. The fourth-order valence-corrected chi connectivity index (χ4v) is 3.65. The third kappa shape index (κ3) is 8.70. The van der Waals surface area contributed by atoms with Gasteiger partial charge in [0.15, 0.2) is 0 Å². The Morgan fingerprint density at radius 2 is 1.55 bits per heavy atom. The monoisotopic (exact) mass is 640 g/mol. The average molecular weight is 642 g/mol. The van der Waals surface area contributed by atoms with Crippen LogP contribution < -0.4 is 16.8 Å². The van der Waals surface area contributed by atoms with Crippen LogP contribution in [0.5, 0.6) is 5.75 Å². The molecule has 0 aliphatic carbocycles. The minimum absolute atomic E-state index is 0.0209. The number of nitrogens with one attached hydrogen (secondary N) is 1. The van der Waals surface area contributed by atoms with Crippen molar-refractivity contribution in [2.45, 2.75) is 19.3 Å². The summed E-state index contributed by atoms with van der Waals surface area (Å²) in [6.45, 7) is 0.622. The number of phenolic OH excluding ortho intramolecular Hbond substituents is 1. The molecule has 1 aromatic heterocycles. The number of aromatic nitrogens is 2. The molecular formula is C22H22BrClN8O8. The van der Waals surface area contributed by atoms with Gasteiger partial charge in [-0.15, -0.1) is 0 Å². The van der Waals surface area contributed by atoms with Gasteiger partial charge in [-0.25, -0.2) is 4.98 Å². The number of nitro groups is 3.